The Labute approximate surface area is 246 Å². The molecule has 0 aliphatic heterocycles. The minimum Gasteiger partial charge on any atom is -0.481 e. The highest BCUT2D eigenvalue weighted by Crippen LogP contribution is 2.74. The first-order chi connectivity index (χ1) is 19.0. The third-order valence-electron chi connectivity index (χ3n) is 12.5. The fourth-order valence-electron chi connectivity index (χ4n) is 9.87. The number of carbonyl (C=O) groups is 3. The van der Waals surface area contributed by atoms with Crippen LogP contribution < -0.4 is 0 Å². The maximum Gasteiger partial charge on any atom is 0.317 e. The highest BCUT2D eigenvalue weighted by molar-refractivity contribution is 5.90. The molecule has 0 radical (unpaired) electrons. The molecule has 4 aliphatic rings. The molecule has 3 fully saturated rings. The fourth-order valence-corrected chi connectivity index (χ4v) is 9.87. The summed E-state index contributed by atoms with van der Waals surface area (Å²) >= 11 is 0. The summed E-state index contributed by atoms with van der Waals surface area (Å²) < 4.78 is 11.2. The Balaban J connectivity index is 1.64. The molecule has 2 N–H and O–H groups in total. The second kappa shape index (κ2) is 10.9. The van der Waals surface area contributed by atoms with Gasteiger partial charge in [-0.3, -0.25) is 9.59 Å². The second-order valence-electron chi connectivity index (χ2n) is 15.1. The largest absolute Gasteiger partial charge is 0.481 e. The van der Waals surface area contributed by atoms with Gasteiger partial charge in [0.1, 0.15) is 18.8 Å². The van der Waals surface area contributed by atoms with Gasteiger partial charge in [0.2, 0.25) is 0 Å². The number of aldehydes is 1. The van der Waals surface area contributed by atoms with Gasteiger partial charge < -0.3 is 24.5 Å². The molecule has 0 amide bonds. The Morgan fingerprint density at radius 1 is 1.10 bits per heavy atom. The van der Waals surface area contributed by atoms with E-state index in [1.807, 2.05) is 19.9 Å². The van der Waals surface area contributed by atoms with Crippen LogP contribution in [0.2, 0.25) is 0 Å². The zero-order chi connectivity index (χ0) is 30.6. The monoisotopic (exact) mass is 572 g/mol. The first-order valence-corrected chi connectivity index (χ1v) is 15.5. The second-order valence-corrected chi connectivity index (χ2v) is 15.1. The minimum absolute atomic E-state index is 0.000384. The van der Waals surface area contributed by atoms with Crippen LogP contribution in [0.5, 0.6) is 0 Å². The number of fused-ring (bicyclic) bond motifs is 5. The molecule has 0 bridgehead atoms. The molecule has 3 saturated carbocycles. The van der Waals surface area contributed by atoms with Crippen LogP contribution in [-0.2, 0) is 23.9 Å². The van der Waals surface area contributed by atoms with Crippen molar-refractivity contribution in [1.82, 2.24) is 0 Å². The average Bonchev–Trinajstić information content (AvgIpc) is 3.16. The van der Waals surface area contributed by atoms with E-state index in [-0.39, 0.29) is 28.3 Å². The van der Waals surface area contributed by atoms with Crippen LogP contribution in [0.4, 0.5) is 0 Å². The third-order valence-corrected chi connectivity index (χ3v) is 12.5. The molecule has 0 aromatic heterocycles. The molecule has 0 heterocycles. The SMILES string of the molecule is COC(C)(C)/C=C/C[C@@H](C)[C@H]1CC[C@@]2(C)[C@@H]3[C@@H](O)C=C4[C@@H](CC[C@H](OC(=O)CC(=O)O)C4(C)C)[C@]3(C=O)CC[C@]12C. The van der Waals surface area contributed by atoms with Crippen LogP contribution in [-0.4, -0.2) is 53.4 Å². The van der Waals surface area contributed by atoms with Crippen molar-refractivity contribution in [3.8, 4) is 0 Å². The maximum absolute atomic E-state index is 13.3. The number of carboxylic acids is 1. The van der Waals surface area contributed by atoms with Gasteiger partial charge in [-0.2, -0.15) is 0 Å². The first-order valence-electron chi connectivity index (χ1n) is 15.5. The Bertz CT molecular complexity index is 1100. The van der Waals surface area contributed by atoms with Crippen molar-refractivity contribution in [1.29, 1.82) is 0 Å². The number of aliphatic hydroxyl groups is 1. The molecule has 9 atom stereocenters. The zero-order valence-corrected chi connectivity index (χ0v) is 26.4. The molecule has 0 unspecified atom stereocenters. The number of methoxy groups -OCH3 is 1. The molecule has 230 valence electrons. The van der Waals surface area contributed by atoms with Crippen molar-refractivity contribution in [3.63, 3.8) is 0 Å². The average molecular weight is 573 g/mol. The Kier molecular flexibility index (Phi) is 8.52. The van der Waals surface area contributed by atoms with E-state index < -0.39 is 41.4 Å². The smallest absolute Gasteiger partial charge is 0.317 e. The van der Waals surface area contributed by atoms with E-state index in [2.05, 4.69) is 46.8 Å². The number of hydrogen-bond acceptors (Lipinski definition) is 6. The minimum atomic E-state index is -1.21. The van der Waals surface area contributed by atoms with Gasteiger partial charge in [-0.05, 0) is 87.4 Å². The van der Waals surface area contributed by atoms with E-state index in [0.717, 1.165) is 37.7 Å². The van der Waals surface area contributed by atoms with Crippen LogP contribution in [0.15, 0.2) is 23.8 Å². The predicted octanol–water partition coefficient (Wildman–Crippen LogP) is 6.14. The Morgan fingerprint density at radius 3 is 2.39 bits per heavy atom. The van der Waals surface area contributed by atoms with E-state index >= 15 is 0 Å². The third kappa shape index (κ3) is 5.13. The summed E-state index contributed by atoms with van der Waals surface area (Å²) in [6.07, 6.45) is 11.5. The van der Waals surface area contributed by atoms with Gasteiger partial charge in [0, 0.05) is 23.9 Å². The van der Waals surface area contributed by atoms with E-state index in [0.29, 0.717) is 24.7 Å². The summed E-state index contributed by atoms with van der Waals surface area (Å²) in [6, 6.07) is 0. The quantitative estimate of drug-likeness (QED) is 0.148. The number of rotatable bonds is 9. The van der Waals surface area contributed by atoms with Crippen molar-refractivity contribution in [2.75, 3.05) is 7.11 Å². The molecule has 0 aromatic carbocycles. The lowest BCUT2D eigenvalue weighted by Crippen LogP contribution is -2.64. The van der Waals surface area contributed by atoms with E-state index in [1.165, 1.54) is 6.29 Å². The number of allylic oxidation sites excluding steroid dienone is 1. The maximum atomic E-state index is 13.3. The molecule has 0 aromatic rings. The number of aliphatic hydroxyl groups excluding tert-OH is 1. The van der Waals surface area contributed by atoms with Crippen molar-refractivity contribution >= 4 is 18.2 Å². The number of carboxylic acid groups (broad SMARTS) is 1. The zero-order valence-electron chi connectivity index (χ0n) is 26.4. The molecule has 7 heteroatoms. The molecular weight excluding hydrogens is 520 g/mol. The van der Waals surface area contributed by atoms with Crippen LogP contribution in [0.1, 0.15) is 99.8 Å². The molecular formula is C34H52O7. The van der Waals surface area contributed by atoms with Crippen molar-refractivity contribution in [2.24, 2.45) is 45.3 Å². The predicted molar refractivity (Wildman–Crippen MR) is 157 cm³/mol. The van der Waals surface area contributed by atoms with Crippen molar-refractivity contribution in [2.45, 2.75) is 118 Å². The molecule has 41 heavy (non-hydrogen) atoms. The lowest BCUT2D eigenvalue weighted by atomic mass is 9.38. The topological polar surface area (TPSA) is 110 Å². The number of ether oxygens (including phenoxy) is 2. The van der Waals surface area contributed by atoms with Gasteiger partial charge in [0.05, 0.1) is 11.7 Å². The van der Waals surface area contributed by atoms with Crippen molar-refractivity contribution < 1.29 is 34.1 Å². The Hall–Kier alpha value is -1.99. The lowest BCUT2D eigenvalue weighted by molar-refractivity contribution is -0.186. The summed E-state index contributed by atoms with van der Waals surface area (Å²) in [7, 11) is 1.73. The van der Waals surface area contributed by atoms with Gasteiger partial charge in [0.15, 0.2) is 0 Å². The summed E-state index contributed by atoms with van der Waals surface area (Å²) in [5.41, 5.74) is -0.800. The number of carbonyl (C=O) groups excluding carboxylic acids is 2. The van der Waals surface area contributed by atoms with E-state index in [4.69, 9.17) is 14.6 Å². The molecule has 4 aliphatic carbocycles. The van der Waals surface area contributed by atoms with Gasteiger partial charge in [-0.25, -0.2) is 0 Å². The molecule has 7 nitrogen and oxygen atoms in total. The normalized spacial score (nSPS) is 40.6. The van der Waals surface area contributed by atoms with Crippen LogP contribution in [0.25, 0.3) is 0 Å². The number of esters is 1. The summed E-state index contributed by atoms with van der Waals surface area (Å²) in [5, 5.41) is 20.9. The fraction of sp³-hybridized carbons (Fsp3) is 0.794. The standard InChI is InChI=1S/C34H52O7/c1-21(10-9-14-30(2,3)40-8)22-13-15-33(7)29-25(36)18-24-23(34(29,20-35)17-16-32(22,33)6)11-12-26(31(24,4)5)41-28(39)19-27(37)38/h9,14,18,20-23,25-26,29,36H,10-13,15-17,19H2,1-8H3,(H,37,38)/b14-9+/t21-,22-,23-,25+,26+,29+,32-,33+,34-/m1/s1. The van der Waals surface area contributed by atoms with Crippen LogP contribution >= 0.6 is 0 Å². The van der Waals surface area contributed by atoms with Crippen LogP contribution in [0.3, 0.4) is 0 Å². The summed E-state index contributed by atoms with van der Waals surface area (Å²) in [5.74, 6) is -1.21. The molecule has 0 spiro atoms. The molecule has 0 saturated heterocycles. The molecule has 4 rings (SSSR count). The van der Waals surface area contributed by atoms with Crippen molar-refractivity contribution in [3.05, 3.63) is 23.8 Å². The summed E-state index contributed by atoms with van der Waals surface area (Å²) in [4.78, 5) is 36.6. The van der Waals surface area contributed by atoms with Crippen LogP contribution in [0, 0.1) is 45.3 Å². The van der Waals surface area contributed by atoms with Gasteiger partial charge >= 0.3 is 11.9 Å². The lowest BCUT2D eigenvalue weighted by Gasteiger charge is -2.66. The number of aliphatic carboxylic acids is 1. The summed E-state index contributed by atoms with van der Waals surface area (Å²) in [6.45, 7) is 15.2. The van der Waals surface area contributed by atoms with Gasteiger partial charge in [-0.15, -0.1) is 0 Å². The van der Waals surface area contributed by atoms with Gasteiger partial charge in [0.25, 0.3) is 0 Å². The highest BCUT2D eigenvalue weighted by atomic mass is 16.5. The van der Waals surface area contributed by atoms with E-state index in [9.17, 15) is 19.5 Å². The highest BCUT2D eigenvalue weighted by Gasteiger charge is 2.70. The first kappa shape index (κ1) is 31.9. The van der Waals surface area contributed by atoms with Gasteiger partial charge in [-0.1, -0.05) is 58.4 Å². The van der Waals surface area contributed by atoms with E-state index in [1.54, 1.807) is 7.11 Å². The number of hydrogen-bond donors (Lipinski definition) is 2. The Morgan fingerprint density at radius 2 is 1.78 bits per heavy atom.